The Balaban J connectivity index is 0.00000338. The smallest absolute Gasteiger partial charge is 0.203 e. The Hall–Kier alpha value is 0.200. The van der Waals surface area contributed by atoms with Gasteiger partial charge in [0.05, 0.1) is 22.3 Å². The van der Waals surface area contributed by atoms with Crippen molar-refractivity contribution < 1.29 is 14.6 Å². The van der Waals surface area contributed by atoms with Crippen molar-refractivity contribution >= 4 is 43.0 Å². The highest BCUT2D eigenvalue weighted by Crippen LogP contribution is 2.45. The number of aliphatic hydroxyl groups excluding tert-OH is 1. The highest BCUT2D eigenvalue weighted by Gasteiger charge is 2.28. The van der Waals surface area contributed by atoms with Crippen LogP contribution >= 0.6 is 43.0 Å². The largest absolute Gasteiger partial charge is 0.391 e. The summed E-state index contributed by atoms with van der Waals surface area (Å²) < 4.78 is 12.4. The molecule has 1 unspecified atom stereocenters. The second kappa shape index (κ2) is 11.3. The van der Waals surface area contributed by atoms with E-state index in [1.165, 1.54) is 6.42 Å². The lowest BCUT2D eigenvalue weighted by atomic mass is 9.91. The van der Waals surface area contributed by atoms with Crippen LogP contribution in [0, 0.1) is 5.92 Å². The zero-order valence-corrected chi connectivity index (χ0v) is 18.3. The first-order valence-corrected chi connectivity index (χ1v) is 11.7. The average molecular weight is 445 g/mol. The number of halogens is 3. The van der Waals surface area contributed by atoms with E-state index in [0.29, 0.717) is 22.1 Å². The first-order valence-electron chi connectivity index (χ1n) is 8.94. The maximum absolute atomic E-state index is 12.4. The maximum Gasteiger partial charge on any atom is 0.203 e. The van der Waals surface area contributed by atoms with Gasteiger partial charge in [-0.2, -0.15) is 0 Å². The molecule has 4 nitrogen and oxygen atoms in total. The van der Waals surface area contributed by atoms with Gasteiger partial charge < -0.3 is 15.3 Å². The molecule has 1 aromatic carbocycles. The number of nitrogens with one attached hydrogen (secondary N) is 1. The van der Waals surface area contributed by atoms with E-state index in [1.54, 1.807) is 12.1 Å². The van der Waals surface area contributed by atoms with E-state index in [1.807, 2.05) is 13.0 Å². The molecule has 150 valence electrons. The van der Waals surface area contributed by atoms with Gasteiger partial charge in [0, 0.05) is 18.7 Å². The fourth-order valence-corrected chi connectivity index (χ4v) is 5.87. The molecule has 0 heterocycles. The van der Waals surface area contributed by atoms with Gasteiger partial charge in [0.2, 0.25) is 7.37 Å². The van der Waals surface area contributed by atoms with Crippen molar-refractivity contribution in [2.75, 3.05) is 18.9 Å². The molecule has 3 atom stereocenters. The molecule has 8 heteroatoms. The molecule has 26 heavy (non-hydrogen) atoms. The number of benzene rings is 1. The van der Waals surface area contributed by atoms with Crippen molar-refractivity contribution in [3.05, 3.63) is 33.8 Å². The van der Waals surface area contributed by atoms with E-state index in [2.05, 4.69) is 5.32 Å². The monoisotopic (exact) mass is 443 g/mol. The minimum absolute atomic E-state index is 0. The van der Waals surface area contributed by atoms with Crippen molar-refractivity contribution in [2.45, 2.75) is 51.2 Å². The van der Waals surface area contributed by atoms with Crippen LogP contribution in [0.15, 0.2) is 18.2 Å². The normalized spacial score (nSPS) is 20.0. The minimum atomic E-state index is -3.29. The summed E-state index contributed by atoms with van der Waals surface area (Å²) in [6, 6.07) is 5.35. The van der Waals surface area contributed by atoms with Crippen molar-refractivity contribution in [1.29, 1.82) is 0 Å². The Morgan fingerprint density at radius 1 is 1.23 bits per heavy atom. The summed E-state index contributed by atoms with van der Waals surface area (Å²) in [5.41, 5.74) is 0.955. The fraction of sp³-hybridized carbons (Fsp3) is 0.667. The Labute approximate surface area is 172 Å². The zero-order chi connectivity index (χ0) is 18.4. The summed E-state index contributed by atoms with van der Waals surface area (Å²) in [6.45, 7) is 2.21. The molecule has 1 fully saturated rings. The topological polar surface area (TPSA) is 69.6 Å². The first-order chi connectivity index (χ1) is 11.8. The van der Waals surface area contributed by atoms with Crippen LogP contribution in [-0.2, 0) is 4.57 Å². The van der Waals surface area contributed by atoms with Gasteiger partial charge in [-0.05, 0) is 43.4 Å². The van der Waals surface area contributed by atoms with Crippen LogP contribution in [0.2, 0.25) is 10.0 Å². The zero-order valence-electron chi connectivity index (χ0n) is 15.0. The quantitative estimate of drug-likeness (QED) is 0.477. The standard InChI is InChI=1S/C18H28Cl2NO3P.ClH/c1-13(15-7-8-17(19)18(20)9-15)21-10-16(22)12-25(23,24)11-14-5-3-2-4-6-14;/h7-9,13-14,16,21-22H,2-6,10-12H2,1H3,(H,23,24);1H/t13-,16-;/m0./s1. The lowest BCUT2D eigenvalue weighted by Crippen LogP contribution is -2.32. The van der Waals surface area contributed by atoms with Crippen LogP contribution in [0.1, 0.15) is 50.6 Å². The molecule has 1 aliphatic carbocycles. The summed E-state index contributed by atoms with van der Waals surface area (Å²) in [7, 11) is -3.29. The van der Waals surface area contributed by atoms with E-state index in [4.69, 9.17) is 23.2 Å². The third-order valence-corrected chi connectivity index (χ3v) is 7.69. The SMILES string of the molecule is C[C@H](NC[C@H](O)CP(=O)(O)CC1CCCCC1)c1ccc(Cl)c(Cl)c1.Cl. The van der Waals surface area contributed by atoms with Crippen LogP contribution in [-0.4, -0.2) is 35.0 Å². The maximum atomic E-state index is 12.4. The third-order valence-electron chi connectivity index (χ3n) is 4.87. The molecule has 1 aliphatic rings. The van der Waals surface area contributed by atoms with Gasteiger partial charge in [-0.25, -0.2) is 0 Å². The minimum Gasteiger partial charge on any atom is -0.391 e. The van der Waals surface area contributed by atoms with Crippen molar-refractivity contribution in [1.82, 2.24) is 5.32 Å². The molecule has 0 aliphatic heterocycles. The molecule has 0 spiro atoms. The Bertz CT molecular complexity index is 611. The molecule has 0 radical (unpaired) electrons. The Morgan fingerprint density at radius 3 is 2.50 bits per heavy atom. The highest BCUT2D eigenvalue weighted by atomic mass is 35.5. The molecular formula is C18H29Cl3NO3P. The summed E-state index contributed by atoms with van der Waals surface area (Å²) in [4.78, 5) is 10.2. The van der Waals surface area contributed by atoms with Crippen LogP contribution in [0.3, 0.4) is 0 Å². The molecule has 0 amide bonds. The third kappa shape index (κ3) is 8.06. The lowest BCUT2D eigenvalue weighted by Gasteiger charge is -2.25. The molecule has 0 aromatic heterocycles. The van der Waals surface area contributed by atoms with E-state index in [-0.39, 0.29) is 31.2 Å². The second-order valence-corrected chi connectivity index (χ2v) is 10.4. The number of aliphatic hydroxyl groups is 1. The predicted octanol–water partition coefficient (Wildman–Crippen LogP) is 5.28. The van der Waals surface area contributed by atoms with Gasteiger partial charge in [-0.3, -0.25) is 4.57 Å². The summed E-state index contributed by atoms with van der Waals surface area (Å²) >= 11 is 11.9. The fourth-order valence-electron chi connectivity index (χ4n) is 3.45. The average Bonchev–Trinajstić information content (AvgIpc) is 2.55. The van der Waals surface area contributed by atoms with Crippen molar-refractivity contribution in [3.8, 4) is 0 Å². The molecule has 2 rings (SSSR count). The van der Waals surface area contributed by atoms with Crippen LogP contribution in [0.25, 0.3) is 0 Å². The van der Waals surface area contributed by atoms with E-state index in [0.717, 1.165) is 31.2 Å². The van der Waals surface area contributed by atoms with Gasteiger partial charge in [-0.1, -0.05) is 48.5 Å². The van der Waals surface area contributed by atoms with Crippen LogP contribution in [0.4, 0.5) is 0 Å². The van der Waals surface area contributed by atoms with Crippen molar-refractivity contribution in [3.63, 3.8) is 0 Å². The van der Waals surface area contributed by atoms with Gasteiger partial charge in [0.15, 0.2) is 0 Å². The van der Waals surface area contributed by atoms with Gasteiger partial charge in [0.25, 0.3) is 0 Å². The predicted molar refractivity (Wildman–Crippen MR) is 112 cm³/mol. The molecule has 0 saturated heterocycles. The number of hydrogen-bond donors (Lipinski definition) is 3. The molecule has 1 aromatic rings. The Morgan fingerprint density at radius 2 is 1.88 bits per heavy atom. The van der Waals surface area contributed by atoms with E-state index in [9.17, 15) is 14.6 Å². The summed E-state index contributed by atoms with van der Waals surface area (Å²) in [5.74, 6) is 0.333. The number of hydrogen-bond acceptors (Lipinski definition) is 3. The van der Waals surface area contributed by atoms with E-state index >= 15 is 0 Å². The van der Waals surface area contributed by atoms with Crippen molar-refractivity contribution in [2.24, 2.45) is 5.92 Å². The number of rotatable bonds is 8. The van der Waals surface area contributed by atoms with Gasteiger partial charge in [0.1, 0.15) is 0 Å². The van der Waals surface area contributed by atoms with Gasteiger partial charge >= 0.3 is 0 Å². The molecule has 0 bridgehead atoms. The Kier molecular flexibility index (Phi) is 10.5. The molecule has 3 N–H and O–H groups in total. The first kappa shape index (κ1) is 24.2. The second-order valence-electron chi connectivity index (χ2n) is 7.17. The van der Waals surface area contributed by atoms with Crippen LogP contribution < -0.4 is 5.32 Å². The summed E-state index contributed by atoms with van der Waals surface area (Å²) in [6.07, 6.45) is 5.04. The summed E-state index contributed by atoms with van der Waals surface area (Å²) in [5, 5.41) is 14.3. The molecular weight excluding hydrogens is 416 g/mol. The van der Waals surface area contributed by atoms with Gasteiger partial charge in [-0.15, -0.1) is 12.4 Å². The molecule has 1 saturated carbocycles. The van der Waals surface area contributed by atoms with E-state index < -0.39 is 13.5 Å². The van der Waals surface area contributed by atoms with Crippen LogP contribution in [0.5, 0.6) is 0 Å². The highest BCUT2D eigenvalue weighted by molar-refractivity contribution is 7.58. The lowest BCUT2D eigenvalue weighted by molar-refractivity contribution is 0.186.